The smallest absolute Gasteiger partial charge is 0.341 e. The zero-order valence-corrected chi connectivity index (χ0v) is 12.1. The Balaban J connectivity index is 3.16. The van der Waals surface area contributed by atoms with E-state index in [1.807, 2.05) is 6.07 Å². The van der Waals surface area contributed by atoms with Gasteiger partial charge in [-0.1, -0.05) is 5.92 Å². The summed E-state index contributed by atoms with van der Waals surface area (Å²) in [4.78, 5) is 11.6. The standard InChI is InChI=1S/C13H13IO3/c1-5-13(2,3)17-11-7-6-9(14)8-10(11)12(15)16-4/h1,6-8H,2-4H3. The van der Waals surface area contributed by atoms with Gasteiger partial charge in [-0.25, -0.2) is 4.79 Å². The number of methoxy groups -OCH3 is 1. The van der Waals surface area contributed by atoms with Crippen LogP contribution in [0.25, 0.3) is 0 Å². The normalized spacial score (nSPS) is 10.5. The van der Waals surface area contributed by atoms with E-state index in [1.165, 1.54) is 7.11 Å². The van der Waals surface area contributed by atoms with Gasteiger partial charge in [-0.2, -0.15) is 0 Å². The lowest BCUT2D eigenvalue weighted by Crippen LogP contribution is -2.26. The number of carbonyl (C=O) groups excluding carboxylic acids is 1. The van der Waals surface area contributed by atoms with Crippen molar-refractivity contribution in [3.05, 3.63) is 27.3 Å². The van der Waals surface area contributed by atoms with Crippen molar-refractivity contribution in [1.29, 1.82) is 0 Å². The van der Waals surface area contributed by atoms with Gasteiger partial charge in [0.25, 0.3) is 0 Å². The molecule has 0 radical (unpaired) electrons. The molecular formula is C13H13IO3. The molecule has 0 bridgehead atoms. The fraction of sp³-hybridized carbons (Fsp3) is 0.308. The highest BCUT2D eigenvalue weighted by atomic mass is 127. The molecule has 0 saturated heterocycles. The minimum Gasteiger partial charge on any atom is -0.474 e. The third-order valence-electron chi connectivity index (χ3n) is 2.06. The van der Waals surface area contributed by atoms with Crippen molar-refractivity contribution >= 4 is 28.6 Å². The van der Waals surface area contributed by atoms with Gasteiger partial charge in [0.05, 0.1) is 7.11 Å². The van der Waals surface area contributed by atoms with Gasteiger partial charge in [-0.3, -0.25) is 0 Å². The van der Waals surface area contributed by atoms with Crippen molar-refractivity contribution in [2.45, 2.75) is 19.4 Å². The summed E-state index contributed by atoms with van der Waals surface area (Å²) in [6.45, 7) is 3.51. The lowest BCUT2D eigenvalue weighted by Gasteiger charge is -2.21. The lowest BCUT2D eigenvalue weighted by molar-refractivity contribution is 0.0591. The Labute approximate surface area is 115 Å². The average Bonchev–Trinajstić information content (AvgIpc) is 2.30. The van der Waals surface area contributed by atoms with Crippen LogP contribution >= 0.6 is 22.6 Å². The zero-order valence-electron chi connectivity index (χ0n) is 9.91. The van der Waals surface area contributed by atoms with E-state index in [9.17, 15) is 4.79 Å². The summed E-state index contributed by atoms with van der Waals surface area (Å²) in [7, 11) is 1.33. The quantitative estimate of drug-likeness (QED) is 0.481. The number of halogens is 1. The molecule has 0 N–H and O–H groups in total. The van der Waals surface area contributed by atoms with E-state index in [2.05, 4.69) is 28.5 Å². The second-order valence-corrected chi connectivity index (χ2v) is 5.13. The fourth-order valence-corrected chi connectivity index (χ4v) is 1.66. The highest BCUT2D eigenvalue weighted by Crippen LogP contribution is 2.25. The molecule has 0 saturated carbocycles. The Morgan fingerprint density at radius 3 is 2.65 bits per heavy atom. The average molecular weight is 344 g/mol. The van der Waals surface area contributed by atoms with Crippen LogP contribution in [0.3, 0.4) is 0 Å². The molecule has 0 aromatic heterocycles. The number of carbonyl (C=O) groups is 1. The van der Waals surface area contributed by atoms with Crippen molar-refractivity contribution in [1.82, 2.24) is 0 Å². The molecule has 90 valence electrons. The van der Waals surface area contributed by atoms with Crippen LogP contribution in [-0.4, -0.2) is 18.7 Å². The van der Waals surface area contributed by atoms with Crippen LogP contribution in [-0.2, 0) is 4.74 Å². The number of hydrogen-bond donors (Lipinski definition) is 0. The minimum absolute atomic E-state index is 0.378. The predicted octanol–water partition coefficient (Wildman–Crippen LogP) is 2.87. The molecule has 0 aliphatic heterocycles. The van der Waals surface area contributed by atoms with Crippen LogP contribution in [0.5, 0.6) is 5.75 Å². The first-order valence-corrected chi connectivity index (χ1v) is 6.02. The van der Waals surface area contributed by atoms with Gasteiger partial charge >= 0.3 is 5.97 Å². The SMILES string of the molecule is C#CC(C)(C)Oc1ccc(I)cc1C(=O)OC. The van der Waals surface area contributed by atoms with Gasteiger partial charge in [0, 0.05) is 3.57 Å². The maximum atomic E-state index is 11.6. The summed E-state index contributed by atoms with van der Waals surface area (Å²) in [6, 6.07) is 5.26. The van der Waals surface area contributed by atoms with Crippen molar-refractivity contribution in [3.8, 4) is 18.1 Å². The monoisotopic (exact) mass is 344 g/mol. The number of rotatable bonds is 3. The van der Waals surface area contributed by atoms with Crippen LogP contribution < -0.4 is 4.74 Å². The topological polar surface area (TPSA) is 35.5 Å². The Hall–Kier alpha value is -1.22. The minimum atomic E-state index is -0.768. The Bertz CT molecular complexity index is 472. The van der Waals surface area contributed by atoms with Gasteiger partial charge in [0.1, 0.15) is 11.3 Å². The maximum absolute atomic E-state index is 11.6. The summed E-state index contributed by atoms with van der Waals surface area (Å²) < 4.78 is 11.3. The van der Waals surface area contributed by atoms with E-state index < -0.39 is 11.6 Å². The first-order valence-electron chi connectivity index (χ1n) is 4.94. The summed E-state index contributed by atoms with van der Waals surface area (Å²) in [5.41, 5.74) is -0.391. The van der Waals surface area contributed by atoms with E-state index >= 15 is 0 Å². The molecule has 1 aromatic rings. The van der Waals surface area contributed by atoms with E-state index in [-0.39, 0.29) is 0 Å². The number of hydrogen-bond acceptors (Lipinski definition) is 3. The van der Waals surface area contributed by atoms with Gasteiger partial charge in [0.2, 0.25) is 0 Å². The highest BCUT2D eigenvalue weighted by molar-refractivity contribution is 14.1. The van der Waals surface area contributed by atoms with Gasteiger partial charge in [-0.05, 0) is 54.6 Å². The molecule has 0 aliphatic carbocycles. The van der Waals surface area contributed by atoms with Crippen LogP contribution in [0.1, 0.15) is 24.2 Å². The summed E-state index contributed by atoms with van der Waals surface area (Å²) in [5, 5.41) is 0. The maximum Gasteiger partial charge on any atom is 0.341 e. The van der Waals surface area contributed by atoms with Crippen molar-refractivity contribution in [3.63, 3.8) is 0 Å². The Morgan fingerprint density at radius 2 is 2.12 bits per heavy atom. The van der Waals surface area contributed by atoms with Crippen LogP contribution in [0.2, 0.25) is 0 Å². The second-order valence-electron chi connectivity index (χ2n) is 3.89. The molecule has 0 fully saturated rings. The highest BCUT2D eigenvalue weighted by Gasteiger charge is 2.21. The first kappa shape index (κ1) is 13.8. The second kappa shape index (κ2) is 5.41. The van der Waals surface area contributed by atoms with E-state index in [0.717, 1.165) is 3.57 Å². The molecule has 4 heteroatoms. The Kier molecular flexibility index (Phi) is 4.40. The molecule has 3 nitrogen and oxygen atoms in total. The number of benzene rings is 1. The first-order chi connectivity index (χ1) is 7.89. The number of terminal acetylenes is 1. The van der Waals surface area contributed by atoms with Gasteiger partial charge < -0.3 is 9.47 Å². The van der Waals surface area contributed by atoms with E-state index in [4.69, 9.17) is 15.9 Å². The molecule has 0 heterocycles. The summed E-state index contributed by atoms with van der Waals surface area (Å²) in [6.07, 6.45) is 5.35. The fourth-order valence-electron chi connectivity index (χ4n) is 1.17. The Morgan fingerprint density at radius 1 is 1.47 bits per heavy atom. The third kappa shape index (κ3) is 3.63. The van der Waals surface area contributed by atoms with E-state index in [0.29, 0.717) is 11.3 Å². The number of esters is 1. The summed E-state index contributed by atoms with van der Waals surface area (Å²) in [5.74, 6) is 2.50. The van der Waals surface area contributed by atoms with Gasteiger partial charge in [0.15, 0.2) is 5.60 Å². The van der Waals surface area contributed by atoms with Crippen molar-refractivity contribution in [2.75, 3.05) is 7.11 Å². The molecule has 0 spiro atoms. The molecule has 0 aliphatic rings. The molecule has 1 aromatic carbocycles. The van der Waals surface area contributed by atoms with Crippen molar-refractivity contribution in [2.24, 2.45) is 0 Å². The third-order valence-corrected chi connectivity index (χ3v) is 2.73. The molecule has 17 heavy (non-hydrogen) atoms. The predicted molar refractivity (Wildman–Crippen MR) is 74.0 cm³/mol. The van der Waals surface area contributed by atoms with Gasteiger partial charge in [-0.15, -0.1) is 6.42 Å². The largest absolute Gasteiger partial charge is 0.474 e. The van der Waals surface area contributed by atoms with Crippen molar-refractivity contribution < 1.29 is 14.3 Å². The lowest BCUT2D eigenvalue weighted by atomic mass is 10.1. The van der Waals surface area contributed by atoms with Crippen LogP contribution in [0.15, 0.2) is 18.2 Å². The van der Waals surface area contributed by atoms with Crippen LogP contribution in [0, 0.1) is 15.9 Å². The van der Waals surface area contributed by atoms with Crippen LogP contribution in [0.4, 0.5) is 0 Å². The zero-order chi connectivity index (χ0) is 13.1. The molecule has 0 amide bonds. The van der Waals surface area contributed by atoms with E-state index in [1.54, 1.807) is 26.0 Å². The molecule has 1 rings (SSSR count). The summed E-state index contributed by atoms with van der Waals surface area (Å²) >= 11 is 2.11. The molecule has 0 atom stereocenters. The molecule has 0 unspecified atom stereocenters. The number of ether oxygens (including phenoxy) is 2. The molecular weight excluding hydrogens is 331 g/mol.